The summed E-state index contributed by atoms with van der Waals surface area (Å²) in [5, 5.41) is 10.7. The molecule has 17 nitrogen and oxygen atoms in total. The normalized spacial score (nSPS) is 14.6. The van der Waals surface area contributed by atoms with Gasteiger partial charge in [0.05, 0.1) is 26.4 Å². The van der Waals surface area contributed by atoms with E-state index in [4.69, 9.17) is 37.0 Å². The predicted molar refractivity (Wildman–Crippen MR) is 445 cm³/mol. The molecule has 616 valence electrons. The molecule has 0 aromatic rings. The van der Waals surface area contributed by atoms with Crippen LogP contribution in [-0.2, 0) is 65.4 Å². The lowest BCUT2D eigenvalue weighted by atomic mass is 10.1. The van der Waals surface area contributed by atoms with E-state index < -0.39 is 97.5 Å². The van der Waals surface area contributed by atoms with Crippen molar-refractivity contribution in [1.82, 2.24) is 0 Å². The summed E-state index contributed by atoms with van der Waals surface area (Å²) >= 11 is 0. The highest BCUT2D eigenvalue weighted by Crippen LogP contribution is 2.45. The van der Waals surface area contributed by atoms with Crippen LogP contribution in [0.1, 0.15) is 323 Å². The number of carbonyl (C=O) groups is 4. The molecule has 5 atom stereocenters. The summed E-state index contributed by atoms with van der Waals surface area (Å²) in [5.74, 6) is -2.33. The number of ether oxygens (including phenoxy) is 4. The lowest BCUT2D eigenvalue weighted by molar-refractivity contribution is -0.161. The minimum Gasteiger partial charge on any atom is -0.462 e. The number of esters is 4. The molecule has 108 heavy (non-hydrogen) atoms. The number of phosphoric ester groups is 2. The molecule has 0 radical (unpaired) electrons. The van der Waals surface area contributed by atoms with Gasteiger partial charge in [-0.15, -0.1) is 0 Å². The van der Waals surface area contributed by atoms with Crippen LogP contribution >= 0.6 is 15.6 Å². The minimum absolute atomic E-state index is 0.0366. The molecular formula is C89H148O17P2. The lowest BCUT2D eigenvalue weighted by Crippen LogP contribution is -2.30. The zero-order valence-electron chi connectivity index (χ0n) is 67.5. The van der Waals surface area contributed by atoms with E-state index in [-0.39, 0.29) is 25.7 Å². The molecule has 0 aromatic heterocycles. The Bertz CT molecular complexity index is 2660. The fraction of sp³-hybridized carbons (Fsp3) is 0.663. The maximum Gasteiger partial charge on any atom is 0.472 e. The van der Waals surface area contributed by atoms with E-state index in [2.05, 4.69) is 167 Å². The van der Waals surface area contributed by atoms with Crippen LogP contribution in [0, 0.1) is 0 Å². The van der Waals surface area contributed by atoms with Crippen LogP contribution in [0.15, 0.2) is 158 Å². The number of aliphatic hydroxyl groups is 1. The van der Waals surface area contributed by atoms with Crippen molar-refractivity contribution in [2.45, 2.75) is 341 Å². The van der Waals surface area contributed by atoms with Crippen LogP contribution in [0.4, 0.5) is 0 Å². The van der Waals surface area contributed by atoms with Gasteiger partial charge in [0.1, 0.15) is 19.3 Å². The van der Waals surface area contributed by atoms with Crippen molar-refractivity contribution in [1.29, 1.82) is 0 Å². The van der Waals surface area contributed by atoms with E-state index in [0.717, 1.165) is 161 Å². The molecule has 0 rings (SSSR count). The van der Waals surface area contributed by atoms with Crippen molar-refractivity contribution in [2.75, 3.05) is 39.6 Å². The molecule has 3 N–H and O–H groups in total. The lowest BCUT2D eigenvalue weighted by Gasteiger charge is -2.21. The standard InChI is InChI=1S/C89H148O17P2/c1-5-9-13-17-21-25-29-33-37-39-41-43-47-50-54-58-62-66-70-74-87(92)100-80-84(105-88(93)75-71-67-63-59-55-51-46-36-32-28-24-20-16-12-8-4)81-103-107(95,96)101-77-83(90)78-102-108(97,98)104-82-85(79-99-86(91)73-69-65-61-57-53-49-45-35-31-27-23-19-15-11-7-3)106-89(94)76-72-68-64-60-56-52-48-44-42-40-38-34-30-26-22-18-14-10-6-2/h9-10,13-14,21-22,25-26,33-38,41-46,50,52,54,56,64,68,83-85,90H,5-8,11-12,15-20,23-24,27-32,39-40,47-49,51,53,55,57-63,65-67,69-82H2,1-4H3,(H,95,96)(H,97,98)/b13-9-,14-10-,25-21-,26-22-,37-33-,38-34-,43-41-,44-42-,45-35-,46-36-,54-50-,56-52-,68-64-/t83-,84-,85-/m1/s1. The molecule has 0 amide bonds. The second kappa shape index (κ2) is 79.8. The first-order valence-electron chi connectivity index (χ1n) is 41.7. The average molecular weight is 1550 g/mol. The van der Waals surface area contributed by atoms with Gasteiger partial charge >= 0.3 is 39.5 Å². The first-order chi connectivity index (χ1) is 52.7. The summed E-state index contributed by atoms with van der Waals surface area (Å²) in [6, 6.07) is 0. The van der Waals surface area contributed by atoms with E-state index in [1.54, 1.807) is 0 Å². The fourth-order valence-electron chi connectivity index (χ4n) is 10.7. The molecule has 19 heteroatoms. The summed E-state index contributed by atoms with van der Waals surface area (Å²) in [6.45, 7) is 4.51. The van der Waals surface area contributed by atoms with E-state index in [0.29, 0.717) is 32.1 Å². The number of hydrogen-bond acceptors (Lipinski definition) is 15. The van der Waals surface area contributed by atoms with Crippen molar-refractivity contribution in [3.05, 3.63) is 158 Å². The number of carbonyl (C=O) groups excluding carboxylic acids is 4. The highest BCUT2D eigenvalue weighted by Gasteiger charge is 2.30. The van der Waals surface area contributed by atoms with Crippen LogP contribution in [0.2, 0.25) is 0 Å². The Hall–Kier alpha value is -5.32. The van der Waals surface area contributed by atoms with Crippen LogP contribution in [0.5, 0.6) is 0 Å². The van der Waals surface area contributed by atoms with Crippen molar-refractivity contribution in [3.8, 4) is 0 Å². The minimum atomic E-state index is -5.01. The van der Waals surface area contributed by atoms with Gasteiger partial charge in [-0.2, -0.15) is 0 Å². The predicted octanol–water partition coefficient (Wildman–Crippen LogP) is 24.8. The molecule has 2 unspecified atom stereocenters. The fourth-order valence-corrected chi connectivity index (χ4v) is 12.3. The van der Waals surface area contributed by atoms with Gasteiger partial charge in [0.2, 0.25) is 0 Å². The van der Waals surface area contributed by atoms with E-state index >= 15 is 0 Å². The topological polar surface area (TPSA) is 237 Å². The number of allylic oxidation sites excluding steroid dienone is 26. The van der Waals surface area contributed by atoms with Gasteiger partial charge in [0.15, 0.2) is 12.2 Å². The number of unbranched alkanes of at least 4 members (excludes halogenated alkanes) is 25. The second-order valence-corrected chi connectivity index (χ2v) is 30.2. The molecule has 0 bridgehead atoms. The SMILES string of the molecule is CC/C=C\C/C=C\C/C=C\C/C=C\C/C=C\C/C=C\CCC(=O)O[C@H](COC(=O)CCCCCCC/C=C\CCCCCCCC)COP(=O)(O)OC[C@H](O)COP(=O)(O)OC[C@@H](COC(=O)CCCCC/C=C\C/C=C\C/C=C\C/C=C\C/C=C\CC)OC(=O)CCCCCCC/C=C\CCCCCCCC. The smallest absolute Gasteiger partial charge is 0.462 e. The first kappa shape index (κ1) is 103. The van der Waals surface area contributed by atoms with Crippen molar-refractivity contribution >= 4 is 39.5 Å². The molecule has 0 heterocycles. The summed E-state index contributed by atoms with van der Waals surface area (Å²) in [6.07, 6.45) is 93.7. The van der Waals surface area contributed by atoms with Gasteiger partial charge in [0, 0.05) is 25.7 Å². The van der Waals surface area contributed by atoms with Crippen molar-refractivity contribution < 1.29 is 80.2 Å². The molecule has 0 aliphatic rings. The maximum atomic E-state index is 13.1. The molecule has 0 aliphatic heterocycles. The Morgan fingerprint density at radius 2 is 0.500 bits per heavy atom. The molecule has 0 aliphatic carbocycles. The summed E-state index contributed by atoms with van der Waals surface area (Å²) in [7, 11) is -10.0. The van der Waals surface area contributed by atoms with Gasteiger partial charge < -0.3 is 33.8 Å². The second-order valence-electron chi connectivity index (χ2n) is 27.3. The van der Waals surface area contributed by atoms with Gasteiger partial charge in [-0.25, -0.2) is 9.13 Å². The quantitative estimate of drug-likeness (QED) is 0.0169. The molecule has 0 saturated carbocycles. The summed E-state index contributed by atoms with van der Waals surface area (Å²) in [4.78, 5) is 73.1. The summed E-state index contributed by atoms with van der Waals surface area (Å²) < 4.78 is 68.6. The molecule has 0 saturated heterocycles. The van der Waals surface area contributed by atoms with Gasteiger partial charge in [0.25, 0.3) is 0 Å². The summed E-state index contributed by atoms with van der Waals surface area (Å²) in [5.41, 5.74) is 0. The van der Waals surface area contributed by atoms with Crippen LogP contribution in [-0.4, -0.2) is 96.7 Å². The van der Waals surface area contributed by atoms with E-state index in [1.165, 1.54) is 77.0 Å². The first-order valence-corrected chi connectivity index (χ1v) is 44.7. The Morgan fingerprint density at radius 3 is 0.815 bits per heavy atom. The number of aliphatic hydroxyl groups excluding tert-OH is 1. The van der Waals surface area contributed by atoms with Gasteiger partial charge in [-0.1, -0.05) is 295 Å². The zero-order chi connectivity index (χ0) is 78.9. The highest BCUT2D eigenvalue weighted by atomic mass is 31.2. The van der Waals surface area contributed by atoms with Gasteiger partial charge in [-0.3, -0.25) is 37.3 Å². The van der Waals surface area contributed by atoms with E-state index in [9.17, 15) is 43.2 Å². The third-order valence-corrected chi connectivity index (χ3v) is 18.9. The third kappa shape index (κ3) is 78.8. The van der Waals surface area contributed by atoms with Crippen LogP contribution < -0.4 is 0 Å². The Balaban J connectivity index is 5.49. The Kier molecular flexibility index (Phi) is 75.8. The molecule has 0 spiro atoms. The monoisotopic (exact) mass is 1550 g/mol. The van der Waals surface area contributed by atoms with Gasteiger partial charge in [-0.05, 0) is 161 Å². The van der Waals surface area contributed by atoms with E-state index in [1.807, 2.05) is 18.2 Å². The third-order valence-electron chi connectivity index (χ3n) is 17.0. The molecule has 0 aromatic carbocycles. The Labute approximate surface area is 655 Å². The highest BCUT2D eigenvalue weighted by molar-refractivity contribution is 7.47. The maximum absolute atomic E-state index is 13.1. The largest absolute Gasteiger partial charge is 0.472 e. The number of phosphoric acid groups is 2. The van der Waals surface area contributed by atoms with Crippen LogP contribution in [0.3, 0.4) is 0 Å². The molecular weight excluding hydrogens is 1400 g/mol. The number of hydrogen-bond donors (Lipinski definition) is 3. The number of rotatable bonds is 77. The van der Waals surface area contributed by atoms with Crippen molar-refractivity contribution in [3.63, 3.8) is 0 Å². The zero-order valence-corrected chi connectivity index (χ0v) is 69.3. The Morgan fingerprint density at radius 1 is 0.269 bits per heavy atom. The van der Waals surface area contributed by atoms with Crippen LogP contribution in [0.25, 0.3) is 0 Å². The average Bonchev–Trinajstić information content (AvgIpc) is 0.899. The molecule has 0 fully saturated rings. The van der Waals surface area contributed by atoms with Crippen molar-refractivity contribution in [2.24, 2.45) is 0 Å².